The van der Waals surface area contributed by atoms with Crippen LogP contribution in [0.15, 0.2) is 0 Å². The Hall–Kier alpha value is -0.850. The van der Waals surface area contributed by atoms with Crippen LogP contribution >= 0.6 is 12.4 Å². The molecule has 112 valence electrons. The molecule has 0 aliphatic carbocycles. The molecule has 1 fully saturated rings. The van der Waals surface area contributed by atoms with Crippen molar-refractivity contribution in [1.82, 2.24) is 15.1 Å². The number of amides is 2. The number of aliphatic hydroxyl groups is 1. The first kappa shape index (κ1) is 18.1. The summed E-state index contributed by atoms with van der Waals surface area (Å²) in [6.45, 7) is 6.74. The summed E-state index contributed by atoms with van der Waals surface area (Å²) < 4.78 is 0. The summed E-state index contributed by atoms with van der Waals surface area (Å²) in [5, 5.41) is 12.0. The highest BCUT2D eigenvalue weighted by atomic mass is 35.5. The lowest BCUT2D eigenvalue weighted by molar-refractivity contribution is -0.140. The van der Waals surface area contributed by atoms with Gasteiger partial charge in [-0.1, -0.05) is 0 Å². The number of carbonyl (C=O) groups excluding carboxylic acids is 2. The molecular formula is C12H24ClN3O3. The molecule has 1 rings (SSSR count). The fourth-order valence-corrected chi connectivity index (χ4v) is 2.15. The van der Waals surface area contributed by atoms with E-state index in [1.807, 2.05) is 13.8 Å². The topological polar surface area (TPSA) is 72.9 Å². The van der Waals surface area contributed by atoms with Crippen LogP contribution in [0, 0.1) is 0 Å². The standard InChI is InChI=1S/C12H23N3O3.ClH/c1-3-14(7-8-16)11(17)9-10-12(18)15(4-2)6-5-13-10;/h10,13,16H,3-9H2,1-2H3;1H. The fraction of sp³-hybridized carbons (Fsp3) is 0.833. The third-order valence-electron chi connectivity index (χ3n) is 3.25. The summed E-state index contributed by atoms with van der Waals surface area (Å²) >= 11 is 0. The first-order valence-electron chi connectivity index (χ1n) is 6.54. The SMILES string of the molecule is CCN(CCO)C(=O)CC1NCCN(CC)C1=O.Cl. The largest absolute Gasteiger partial charge is 0.395 e. The van der Waals surface area contributed by atoms with Crippen LogP contribution in [0.5, 0.6) is 0 Å². The van der Waals surface area contributed by atoms with Gasteiger partial charge >= 0.3 is 0 Å². The molecule has 0 aromatic heterocycles. The van der Waals surface area contributed by atoms with Crippen molar-refractivity contribution in [3.63, 3.8) is 0 Å². The van der Waals surface area contributed by atoms with Crippen molar-refractivity contribution in [3.8, 4) is 0 Å². The lowest BCUT2D eigenvalue weighted by atomic mass is 10.1. The maximum Gasteiger partial charge on any atom is 0.240 e. The molecule has 2 N–H and O–H groups in total. The third-order valence-corrected chi connectivity index (χ3v) is 3.25. The minimum Gasteiger partial charge on any atom is -0.395 e. The summed E-state index contributed by atoms with van der Waals surface area (Å²) in [4.78, 5) is 27.3. The number of nitrogens with zero attached hydrogens (tertiary/aromatic N) is 2. The van der Waals surface area contributed by atoms with Gasteiger partial charge in [0, 0.05) is 32.7 Å². The number of rotatable bonds is 6. The monoisotopic (exact) mass is 293 g/mol. The first-order chi connectivity index (χ1) is 8.63. The molecule has 0 bridgehead atoms. The molecule has 2 amide bonds. The fourth-order valence-electron chi connectivity index (χ4n) is 2.15. The van der Waals surface area contributed by atoms with E-state index in [-0.39, 0.29) is 37.2 Å². The number of halogens is 1. The average molecular weight is 294 g/mol. The van der Waals surface area contributed by atoms with E-state index >= 15 is 0 Å². The number of aliphatic hydroxyl groups excluding tert-OH is 1. The van der Waals surface area contributed by atoms with Crippen LogP contribution in [0.1, 0.15) is 20.3 Å². The molecule has 0 spiro atoms. The van der Waals surface area contributed by atoms with E-state index in [4.69, 9.17) is 5.11 Å². The lowest BCUT2D eigenvalue weighted by Crippen LogP contribution is -2.56. The highest BCUT2D eigenvalue weighted by Gasteiger charge is 2.30. The van der Waals surface area contributed by atoms with Crippen LogP contribution in [-0.2, 0) is 9.59 Å². The van der Waals surface area contributed by atoms with Gasteiger partial charge in [0.15, 0.2) is 0 Å². The van der Waals surface area contributed by atoms with E-state index in [2.05, 4.69) is 5.32 Å². The summed E-state index contributed by atoms with van der Waals surface area (Å²) in [5.74, 6) is -0.0903. The number of hydrogen-bond donors (Lipinski definition) is 2. The van der Waals surface area contributed by atoms with Gasteiger partial charge in [0.05, 0.1) is 19.1 Å². The second kappa shape index (κ2) is 9.12. The van der Waals surface area contributed by atoms with Crippen molar-refractivity contribution >= 4 is 24.2 Å². The Labute approximate surface area is 120 Å². The van der Waals surface area contributed by atoms with Crippen LogP contribution < -0.4 is 5.32 Å². The zero-order valence-electron chi connectivity index (χ0n) is 11.6. The maximum atomic E-state index is 12.0. The molecule has 0 aromatic carbocycles. The van der Waals surface area contributed by atoms with E-state index in [0.29, 0.717) is 26.2 Å². The minimum atomic E-state index is -0.418. The molecule has 0 radical (unpaired) electrons. The molecule has 0 aromatic rings. The van der Waals surface area contributed by atoms with Gasteiger partial charge in [-0.25, -0.2) is 0 Å². The van der Waals surface area contributed by atoms with E-state index in [9.17, 15) is 9.59 Å². The van der Waals surface area contributed by atoms with Gasteiger partial charge in [0.2, 0.25) is 11.8 Å². The van der Waals surface area contributed by atoms with Gasteiger partial charge in [0.25, 0.3) is 0 Å². The number of hydrogen-bond acceptors (Lipinski definition) is 4. The summed E-state index contributed by atoms with van der Waals surface area (Å²) in [6, 6.07) is -0.418. The molecule has 1 saturated heterocycles. The molecular weight excluding hydrogens is 270 g/mol. The lowest BCUT2D eigenvalue weighted by Gasteiger charge is -2.33. The molecule has 1 unspecified atom stereocenters. The number of carbonyl (C=O) groups is 2. The van der Waals surface area contributed by atoms with Crippen LogP contribution in [-0.4, -0.2) is 72.1 Å². The average Bonchev–Trinajstić information content (AvgIpc) is 2.38. The molecule has 0 saturated carbocycles. The molecule has 1 aliphatic rings. The van der Waals surface area contributed by atoms with Gasteiger partial charge < -0.3 is 20.2 Å². The van der Waals surface area contributed by atoms with Crippen LogP contribution in [0.3, 0.4) is 0 Å². The summed E-state index contributed by atoms with van der Waals surface area (Å²) in [6.07, 6.45) is 0.170. The minimum absolute atomic E-state index is 0. The van der Waals surface area contributed by atoms with Crippen molar-refractivity contribution in [3.05, 3.63) is 0 Å². The molecule has 1 heterocycles. The summed E-state index contributed by atoms with van der Waals surface area (Å²) in [5.41, 5.74) is 0. The van der Waals surface area contributed by atoms with Gasteiger partial charge in [-0.2, -0.15) is 0 Å². The third kappa shape index (κ3) is 4.97. The van der Waals surface area contributed by atoms with E-state index < -0.39 is 6.04 Å². The van der Waals surface area contributed by atoms with Crippen LogP contribution in [0.4, 0.5) is 0 Å². The second-order valence-electron chi connectivity index (χ2n) is 4.33. The molecule has 1 atom stereocenters. The molecule has 7 heteroatoms. The second-order valence-corrected chi connectivity index (χ2v) is 4.33. The Morgan fingerprint density at radius 3 is 2.74 bits per heavy atom. The molecule has 6 nitrogen and oxygen atoms in total. The quantitative estimate of drug-likeness (QED) is 0.690. The normalized spacial score (nSPS) is 19.0. The van der Waals surface area contributed by atoms with Crippen LogP contribution in [0.2, 0.25) is 0 Å². The highest BCUT2D eigenvalue weighted by Crippen LogP contribution is 2.07. The van der Waals surface area contributed by atoms with Crippen molar-refractivity contribution in [2.45, 2.75) is 26.3 Å². The summed E-state index contributed by atoms with van der Waals surface area (Å²) in [7, 11) is 0. The maximum absolute atomic E-state index is 12.0. The van der Waals surface area contributed by atoms with Gasteiger partial charge in [-0.3, -0.25) is 9.59 Å². The van der Waals surface area contributed by atoms with Crippen molar-refractivity contribution in [1.29, 1.82) is 0 Å². The Balaban J connectivity index is 0.00000324. The highest BCUT2D eigenvalue weighted by molar-refractivity contribution is 5.88. The van der Waals surface area contributed by atoms with E-state index in [0.717, 1.165) is 6.54 Å². The van der Waals surface area contributed by atoms with E-state index in [1.54, 1.807) is 9.80 Å². The van der Waals surface area contributed by atoms with Crippen molar-refractivity contribution in [2.75, 3.05) is 39.3 Å². The first-order valence-corrected chi connectivity index (χ1v) is 6.54. The number of piperazine rings is 1. The zero-order valence-corrected chi connectivity index (χ0v) is 12.4. The Kier molecular flexibility index (Phi) is 8.71. The Bertz CT molecular complexity index is 302. The Morgan fingerprint density at radius 1 is 1.53 bits per heavy atom. The molecule has 1 aliphatic heterocycles. The predicted octanol–water partition coefficient (Wildman–Crippen LogP) is -0.541. The Morgan fingerprint density at radius 2 is 2.21 bits per heavy atom. The molecule has 19 heavy (non-hydrogen) atoms. The van der Waals surface area contributed by atoms with Crippen molar-refractivity contribution in [2.24, 2.45) is 0 Å². The van der Waals surface area contributed by atoms with Crippen LogP contribution in [0.25, 0.3) is 0 Å². The zero-order chi connectivity index (χ0) is 13.5. The van der Waals surface area contributed by atoms with E-state index in [1.165, 1.54) is 0 Å². The smallest absolute Gasteiger partial charge is 0.240 e. The number of likely N-dealkylation sites (N-methyl/N-ethyl adjacent to an activating group) is 2. The van der Waals surface area contributed by atoms with Gasteiger partial charge in [-0.05, 0) is 13.8 Å². The predicted molar refractivity (Wildman–Crippen MR) is 75.2 cm³/mol. The number of nitrogens with one attached hydrogen (secondary N) is 1. The van der Waals surface area contributed by atoms with Gasteiger partial charge in [0.1, 0.15) is 0 Å². The van der Waals surface area contributed by atoms with Gasteiger partial charge in [-0.15, -0.1) is 12.4 Å². The van der Waals surface area contributed by atoms with Crippen molar-refractivity contribution < 1.29 is 14.7 Å².